The molecule has 1 aromatic carbocycles. The zero-order valence-electron chi connectivity index (χ0n) is 15.2. The van der Waals surface area contributed by atoms with Gasteiger partial charge in [0, 0.05) is 31.0 Å². The summed E-state index contributed by atoms with van der Waals surface area (Å²) in [5.41, 5.74) is -1.00. The zero-order valence-corrected chi connectivity index (χ0v) is 15.2. The topological polar surface area (TPSA) is 60.1 Å². The van der Waals surface area contributed by atoms with Crippen LogP contribution in [0.15, 0.2) is 16.9 Å². The molecule has 0 radical (unpaired) electrons. The Bertz CT molecular complexity index is 1030. The number of hydrogen-bond acceptors (Lipinski definition) is 3. The minimum atomic E-state index is -2.95. The summed E-state index contributed by atoms with van der Waals surface area (Å²) in [4.78, 5) is 26.6. The van der Waals surface area contributed by atoms with Gasteiger partial charge in [-0.25, -0.2) is 31.4 Å². The smallest absolute Gasteiger partial charge is 0.335 e. The van der Waals surface area contributed by atoms with Gasteiger partial charge in [-0.05, 0) is 18.9 Å². The van der Waals surface area contributed by atoms with Crippen molar-refractivity contribution in [2.24, 2.45) is 0 Å². The number of hydrogen-bond donors (Lipinski definition) is 0. The van der Waals surface area contributed by atoms with Crippen molar-refractivity contribution in [2.75, 3.05) is 13.1 Å². The highest BCUT2D eigenvalue weighted by atomic mass is 19.3. The second-order valence-electron chi connectivity index (χ2n) is 7.36. The molecule has 11 heteroatoms. The van der Waals surface area contributed by atoms with Gasteiger partial charge in [0.25, 0.3) is 5.92 Å². The summed E-state index contributed by atoms with van der Waals surface area (Å²) in [6, 6.07) is 0.0550. The number of amides is 1. The lowest BCUT2D eigenvalue weighted by Gasteiger charge is -2.27. The van der Waals surface area contributed by atoms with Crippen molar-refractivity contribution in [2.45, 2.75) is 44.2 Å². The SMILES string of the molecule is O=C([C@@H]1CCCc2nn(Cc3cc(F)c(F)cc3F)c(=O)n21)N1CCC(F)(F)C1. The van der Waals surface area contributed by atoms with Crippen molar-refractivity contribution in [3.8, 4) is 0 Å². The maximum atomic E-state index is 13.9. The lowest BCUT2D eigenvalue weighted by molar-refractivity contribution is -0.135. The van der Waals surface area contributed by atoms with Gasteiger partial charge in [-0.15, -0.1) is 0 Å². The first-order valence-electron chi connectivity index (χ1n) is 9.14. The Balaban J connectivity index is 1.64. The molecule has 1 amide bonds. The van der Waals surface area contributed by atoms with Gasteiger partial charge in [-0.3, -0.25) is 9.36 Å². The molecule has 0 N–H and O–H groups in total. The van der Waals surface area contributed by atoms with Crippen LogP contribution in [0.3, 0.4) is 0 Å². The highest BCUT2D eigenvalue weighted by Gasteiger charge is 2.43. The minimum Gasteiger partial charge on any atom is -0.335 e. The molecule has 0 aliphatic carbocycles. The van der Waals surface area contributed by atoms with Crippen molar-refractivity contribution >= 4 is 5.91 Å². The van der Waals surface area contributed by atoms with Gasteiger partial charge in [0.1, 0.15) is 17.7 Å². The normalized spacial score (nSPS) is 20.7. The number of rotatable bonds is 3. The second kappa shape index (κ2) is 6.96. The first-order chi connectivity index (χ1) is 13.7. The van der Waals surface area contributed by atoms with Crippen LogP contribution in [0, 0.1) is 17.5 Å². The van der Waals surface area contributed by atoms with E-state index in [0.717, 1.165) is 14.1 Å². The highest BCUT2D eigenvalue weighted by molar-refractivity contribution is 5.81. The van der Waals surface area contributed by atoms with E-state index in [-0.39, 0.29) is 17.9 Å². The third-order valence-electron chi connectivity index (χ3n) is 5.31. The number of aromatic nitrogens is 3. The lowest BCUT2D eigenvalue weighted by atomic mass is 10.0. The van der Waals surface area contributed by atoms with Crippen LogP contribution in [-0.4, -0.2) is 44.2 Å². The van der Waals surface area contributed by atoms with Gasteiger partial charge in [0.15, 0.2) is 11.6 Å². The summed E-state index contributed by atoms with van der Waals surface area (Å²) in [5, 5.41) is 4.09. The molecule has 0 bridgehead atoms. The molecule has 29 heavy (non-hydrogen) atoms. The van der Waals surface area contributed by atoms with Crippen LogP contribution in [0.25, 0.3) is 0 Å². The predicted octanol–water partition coefficient (Wildman–Crippen LogP) is 2.26. The van der Waals surface area contributed by atoms with E-state index in [9.17, 15) is 31.5 Å². The van der Waals surface area contributed by atoms with Crippen LogP contribution in [0.4, 0.5) is 22.0 Å². The molecule has 6 nitrogen and oxygen atoms in total. The summed E-state index contributed by atoms with van der Waals surface area (Å²) in [6.45, 7) is -1.24. The van der Waals surface area contributed by atoms with Crippen LogP contribution in [0.1, 0.15) is 36.7 Å². The van der Waals surface area contributed by atoms with Crippen molar-refractivity contribution in [3.05, 3.63) is 51.5 Å². The molecule has 4 rings (SSSR count). The maximum absolute atomic E-state index is 13.9. The minimum absolute atomic E-state index is 0.0966. The van der Waals surface area contributed by atoms with Crippen LogP contribution < -0.4 is 5.69 Å². The number of aryl methyl sites for hydroxylation is 1. The number of benzene rings is 1. The van der Waals surface area contributed by atoms with E-state index in [2.05, 4.69) is 5.10 Å². The number of halogens is 5. The van der Waals surface area contributed by atoms with Gasteiger partial charge in [-0.2, -0.15) is 5.10 Å². The van der Waals surface area contributed by atoms with Crippen LogP contribution in [0.5, 0.6) is 0 Å². The van der Waals surface area contributed by atoms with Crippen LogP contribution in [-0.2, 0) is 17.8 Å². The highest BCUT2D eigenvalue weighted by Crippen LogP contribution is 2.31. The molecule has 1 atom stereocenters. The monoisotopic (exact) mass is 416 g/mol. The Hall–Kier alpha value is -2.72. The summed E-state index contributed by atoms with van der Waals surface area (Å²) in [6.07, 6.45) is 0.764. The van der Waals surface area contributed by atoms with E-state index >= 15 is 0 Å². The summed E-state index contributed by atoms with van der Waals surface area (Å²) < 4.78 is 69.4. The number of carbonyl (C=O) groups excluding carboxylic acids is 1. The molecule has 2 aliphatic rings. The molecule has 1 fully saturated rings. The van der Waals surface area contributed by atoms with E-state index < -0.39 is 60.5 Å². The molecule has 0 unspecified atom stereocenters. The number of fused-ring (bicyclic) bond motifs is 1. The molecule has 0 spiro atoms. The average Bonchev–Trinajstić information content (AvgIpc) is 3.18. The second-order valence-corrected chi connectivity index (χ2v) is 7.36. The van der Waals surface area contributed by atoms with Gasteiger partial charge >= 0.3 is 5.69 Å². The fourth-order valence-electron chi connectivity index (χ4n) is 3.85. The van der Waals surface area contributed by atoms with Gasteiger partial charge < -0.3 is 4.90 Å². The molecule has 2 aromatic rings. The quantitative estimate of drug-likeness (QED) is 0.570. The molecule has 1 aromatic heterocycles. The first kappa shape index (κ1) is 19.6. The molecular weight excluding hydrogens is 399 g/mol. The Morgan fingerprint density at radius 3 is 2.59 bits per heavy atom. The Labute approximate surface area is 161 Å². The summed E-state index contributed by atoms with van der Waals surface area (Å²) in [5.74, 6) is -6.91. The van der Waals surface area contributed by atoms with Crippen molar-refractivity contribution < 1.29 is 26.7 Å². The van der Waals surface area contributed by atoms with Crippen LogP contribution in [0.2, 0.25) is 0 Å². The van der Waals surface area contributed by atoms with E-state index in [0.29, 0.717) is 31.4 Å². The zero-order chi connectivity index (χ0) is 20.9. The number of alkyl halides is 2. The Morgan fingerprint density at radius 1 is 1.17 bits per heavy atom. The molecular formula is C18H17F5N4O2. The fraction of sp³-hybridized carbons (Fsp3) is 0.500. The van der Waals surface area contributed by atoms with Crippen molar-refractivity contribution in [1.82, 2.24) is 19.2 Å². The number of likely N-dealkylation sites (tertiary alicyclic amines) is 1. The molecule has 3 heterocycles. The Kier molecular flexibility index (Phi) is 4.70. The molecule has 156 valence electrons. The van der Waals surface area contributed by atoms with E-state index in [1.165, 1.54) is 0 Å². The molecule has 2 aliphatic heterocycles. The third-order valence-corrected chi connectivity index (χ3v) is 5.31. The van der Waals surface area contributed by atoms with Crippen LogP contribution >= 0.6 is 0 Å². The number of carbonyl (C=O) groups is 1. The molecule has 0 saturated carbocycles. The predicted molar refractivity (Wildman–Crippen MR) is 90.0 cm³/mol. The van der Waals surface area contributed by atoms with E-state index in [1.807, 2.05) is 0 Å². The fourth-order valence-corrected chi connectivity index (χ4v) is 3.85. The lowest BCUT2D eigenvalue weighted by Crippen LogP contribution is -2.42. The Morgan fingerprint density at radius 2 is 1.90 bits per heavy atom. The average molecular weight is 416 g/mol. The van der Waals surface area contributed by atoms with Gasteiger partial charge in [-0.1, -0.05) is 0 Å². The largest absolute Gasteiger partial charge is 0.346 e. The van der Waals surface area contributed by atoms with E-state index in [1.54, 1.807) is 0 Å². The summed E-state index contributed by atoms with van der Waals surface area (Å²) in [7, 11) is 0. The third kappa shape index (κ3) is 3.53. The van der Waals surface area contributed by atoms with Gasteiger partial charge in [0.05, 0.1) is 13.1 Å². The van der Waals surface area contributed by atoms with E-state index in [4.69, 9.17) is 0 Å². The van der Waals surface area contributed by atoms with Crippen molar-refractivity contribution in [3.63, 3.8) is 0 Å². The first-order valence-corrected chi connectivity index (χ1v) is 9.14. The maximum Gasteiger partial charge on any atom is 0.346 e. The number of nitrogens with zero attached hydrogens (tertiary/aromatic N) is 4. The summed E-state index contributed by atoms with van der Waals surface area (Å²) >= 11 is 0. The molecule has 1 saturated heterocycles. The standard InChI is InChI=1S/C18H17F5N4O2/c19-11-7-13(21)12(20)6-10(11)8-26-17(29)27-14(2-1-3-15(27)24-26)16(28)25-5-4-18(22,23)9-25/h6-7,14H,1-5,8-9H2/t14-/m0/s1. The van der Waals surface area contributed by atoms with Gasteiger partial charge in [0.2, 0.25) is 5.91 Å². The van der Waals surface area contributed by atoms with Crippen molar-refractivity contribution in [1.29, 1.82) is 0 Å².